The Morgan fingerprint density at radius 3 is 2.77 bits per heavy atom. The van der Waals surface area contributed by atoms with Crippen molar-refractivity contribution in [3.05, 3.63) is 42.1 Å². The molecule has 0 bridgehead atoms. The normalized spacial score (nSPS) is 36.0. The van der Waals surface area contributed by atoms with E-state index >= 15 is 0 Å². The second-order valence-corrected chi connectivity index (χ2v) is 9.36. The summed E-state index contributed by atoms with van der Waals surface area (Å²) in [7, 11) is 3.50. The summed E-state index contributed by atoms with van der Waals surface area (Å²) in [5.74, 6) is 4.02. The predicted octanol–water partition coefficient (Wildman–Crippen LogP) is 5.71. The van der Waals surface area contributed by atoms with Crippen LogP contribution in [0.25, 0.3) is 17.0 Å². The molecule has 3 aliphatic rings. The molecule has 0 spiro atoms. The second kappa shape index (κ2) is 8.32. The van der Waals surface area contributed by atoms with Gasteiger partial charge in [-0.1, -0.05) is 31.4 Å². The molecule has 2 unspecified atom stereocenters. The molecule has 1 aliphatic heterocycles. The van der Waals surface area contributed by atoms with E-state index in [0.717, 1.165) is 34.2 Å². The summed E-state index contributed by atoms with van der Waals surface area (Å²) in [5, 5.41) is 1.11. The smallest absolute Gasteiger partial charge is 0.160 e. The molecule has 2 saturated carbocycles. The maximum Gasteiger partial charge on any atom is 0.160 e. The van der Waals surface area contributed by atoms with Crippen LogP contribution in [0.4, 0.5) is 0 Å². The van der Waals surface area contributed by atoms with Crippen molar-refractivity contribution in [2.24, 2.45) is 29.6 Å². The van der Waals surface area contributed by atoms with E-state index in [4.69, 9.17) is 19.2 Å². The fraction of sp³-hybridized carbons (Fsp3) is 0.577. The quantitative estimate of drug-likeness (QED) is 0.651. The second-order valence-electron chi connectivity index (χ2n) is 9.36. The zero-order valence-electron chi connectivity index (χ0n) is 18.3. The summed E-state index contributed by atoms with van der Waals surface area (Å²) in [4.78, 5) is 4.88. The number of hydrogen-bond donors (Lipinski definition) is 0. The minimum absolute atomic E-state index is 0.0439. The number of benzene rings is 1. The molecular weight excluding hydrogens is 374 g/mol. The van der Waals surface area contributed by atoms with Crippen LogP contribution in [-0.2, 0) is 9.47 Å². The van der Waals surface area contributed by atoms with Gasteiger partial charge in [0.05, 0.1) is 24.4 Å². The number of pyridine rings is 1. The Kier molecular flexibility index (Phi) is 5.55. The van der Waals surface area contributed by atoms with E-state index in [1.165, 1.54) is 32.1 Å². The van der Waals surface area contributed by atoms with Gasteiger partial charge in [-0.2, -0.15) is 0 Å². The Balaban J connectivity index is 1.44. The SMILES string of the molecule is COc1ccc2nc(/C=C/[C@H]3C4[C@H](C[C@H]5CCCC[C@@H]53)C(OC)O[C@H]4C)ccc2c1. The first-order valence-electron chi connectivity index (χ1n) is 11.5. The molecule has 30 heavy (non-hydrogen) atoms. The zero-order valence-corrected chi connectivity index (χ0v) is 18.3. The molecule has 0 amide bonds. The monoisotopic (exact) mass is 407 g/mol. The van der Waals surface area contributed by atoms with Crippen molar-refractivity contribution in [2.45, 2.75) is 51.4 Å². The van der Waals surface area contributed by atoms with Gasteiger partial charge in [0.15, 0.2) is 6.29 Å². The molecule has 2 heterocycles. The molecule has 2 aromatic rings. The molecule has 4 nitrogen and oxygen atoms in total. The van der Waals surface area contributed by atoms with Gasteiger partial charge in [-0.25, -0.2) is 4.98 Å². The van der Waals surface area contributed by atoms with Gasteiger partial charge in [-0.3, -0.25) is 0 Å². The summed E-state index contributed by atoms with van der Waals surface area (Å²) in [5.41, 5.74) is 2.03. The van der Waals surface area contributed by atoms with Crippen LogP contribution in [0, 0.1) is 29.6 Å². The highest BCUT2D eigenvalue weighted by Crippen LogP contribution is 2.55. The van der Waals surface area contributed by atoms with E-state index in [2.05, 4.69) is 31.2 Å². The average Bonchev–Trinajstić information content (AvgIpc) is 3.11. The lowest BCUT2D eigenvalue weighted by atomic mass is 9.57. The highest BCUT2D eigenvalue weighted by molar-refractivity contribution is 5.81. The van der Waals surface area contributed by atoms with Crippen molar-refractivity contribution in [3.8, 4) is 5.75 Å². The third-order valence-corrected chi connectivity index (χ3v) is 7.86. The molecule has 7 atom stereocenters. The van der Waals surface area contributed by atoms with E-state index in [9.17, 15) is 0 Å². The predicted molar refractivity (Wildman–Crippen MR) is 119 cm³/mol. The molecule has 0 N–H and O–H groups in total. The first kappa shape index (κ1) is 20.0. The van der Waals surface area contributed by atoms with E-state index in [1.807, 2.05) is 18.2 Å². The van der Waals surface area contributed by atoms with Crippen LogP contribution in [0.3, 0.4) is 0 Å². The van der Waals surface area contributed by atoms with Crippen molar-refractivity contribution >= 4 is 17.0 Å². The largest absolute Gasteiger partial charge is 0.497 e. The highest BCUT2D eigenvalue weighted by Gasteiger charge is 2.53. The van der Waals surface area contributed by atoms with Gasteiger partial charge in [0.1, 0.15) is 5.75 Å². The fourth-order valence-electron chi connectivity index (χ4n) is 6.52. The van der Waals surface area contributed by atoms with Gasteiger partial charge in [-0.15, -0.1) is 0 Å². The van der Waals surface area contributed by atoms with E-state index in [1.54, 1.807) is 14.2 Å². The third-order valence-electron chi connectivity index (χ3n) is 7.86. The van der Waals surface area contributed by atoms with E-state index in [0.29, 0.717) is 17.8 Å². The maximum absolute atomic E-state index is 6.24. The van der Waals surface area contributed by atoms with Gasteiger partial charge in [0, 0.05) is 18.4 Å². The molecule has 1 aromatic heterocycles. The van der Waals surface area contributed by atoms with Crippen molar-refractivity contribution in [1.29, 1.82) is 0 Å². The molecule has 5 rings (SSSR count). The van der Waals surface area contributed by atoms with Crippen molar-refractivity contribution in [3.63, 3.8) is 0 Å². The first-order valence-corrected chi connectivity index (χ1v) is 11.5. The van der Waals surface area contributed by atoms with Crippen LogP contribution in [0.5, 0.6) is 5.75 Å². The Hall–Kier alpha value is -1.91. The number of methoxy groups -OCH3 is 2. The first-order chi connectivity index (χ1) is 14.7. The van der Waals surface area contributed by atoms with Crippen molar-refractivity contribution in [2.75, 3.05) is 14.2 Å². The van der Waals surface area contributed by atoms with Crippen LogP contribution in [0.2, 0.25) is 0 Å². The molecule has 2 aliphatic carbocycles. The van der Waals surface area contributed by atoms with E-state index in [-0.39, 0.29) is 12.4 Å². The summed E-state index contributed by atoms with van der Waals surface area (Å²) < 4.78 is 17.3. The highest BCUT2D eigenvalue weighted by atomic mass is 16.7. The lowest BCUT2D eigenvalue weighted by Gasteiger charge is -2.47. The number of rotatable bonds is 4. The van der Waals surface area contributed by atoms with Crippen molar-refractivity contribution < 1.29 is 14.2 Å². The van der Waals surface area contributed by atoms with Gasteiger partial charge < -0.3 is 14.2 Å². The minimum atomic E-state index is -0.0439. The van der Waals surface area contributed by atoms with Crippen LogP contribution in [0.1, 0.15) is 44.7 Å². The van der Waals surface area contributed by atoms with Gasteiger partial charge >= 0.3 is 0 Å². The zero-order chi connectivity index (χ0) is 20.7. The molecular formula is C26H33NO3. The molecule has 160 valence electrons. The van der Waals surface area contributed by atoms with Crippen LogP contribution in [0.15, 0.2) is 36.4 Å². The fourth-order valence-corrected chi connectivity index (χ4v) is 6.52. The Labute approximate surface area is 179 Å². The third kappa shape index (κ3) is 3.54. The lowest BCUT2D eigenvalue weighted by molar-refractivity contribution is -0.132. The van der Waals surface area contributed by atoms with E-state index < -0.39 is 0 Å². The maximum atomic E-state index is 6.24. The minimum Gasteiger partial charge on any atom is -0.497 e. The number of hydrogen-bond acceptors (Lipinski definition) is 4. The molecule has 1 aromatic carbocycles. The number of aromatic nitrogens is 1. The summed E-state index contributed by atoms with van der Waals surface area (Å²) in [6, 6.07) is 10.3. The Morgan fingerprint density at radius 1 is 1.07 bits per heavy atom. The molecule has 0 radical (unpaired) electrons. The standard InChI is InChI=1S/C26H33NO3/c1-16-25-22(21-7-5-4-6-17(21)15-23(25)26(29-3)30-16)12-10-19-9-8-18-14-20(28-2)11-13-24(18)27-19/h8-14,16-17,21-23,25-26H,4-7,15H2,1-3H3/b12-10+/t16-,17+,21-,22+,23-,25?,26?/m0/s1. The Morgan fingerprint density at radius 2 is 1.93 bits per heavy atom. The van der Waals surface area contributed by atoms with Gasteiger partial charge in [0.2, 0.25) is 0 Å². The Bertz CT molecular complexity index is 926. The number of nitrogens with zero attached hydrogens (tertiary/aromatic N) is 1. The topological polar surface area (TPSA) is 40.6 Å². The average molecular weight is 408 g/mol. The van der Waals surface area contributed by atoms with Crippen LogP contribution < -0.4 is 4.74 Å². The van der Waals surface area contributed by atoms with Gasteiger partial charge in [-0.05, 0) is 73.8 Å². The number of ether oxygens (including phenoxy) is 3. The summed E-state index contributed by atoms with van der Waals surface area (Å²) in [6.45, 7) is 2.24. The summed E-state index contributed by atoms with van der Waals surface area (Å²) >= 11 is 0. The summed E-state index contributed by atoms with van der Waals surface area (Å²) in [6.07, 6.45) is 11.6. The molecule has 3 fully saturated rings. The lowest BCUT2D eigenvalue weighted by Crippen LogP contribution is -2.43. The number of fused-ring (bicyclic) bond motifs is 3. The number of allylic oxidation sites excluding steroid dienone is 1. The van der Waals surface area contributed by atoms with Crippen molar-refractivity contribution in [1.82, 2.24) is 4.98 Å². The molecule has 4 heteroatoms. The van der Waals surface area contributed by atoms with Crippen LogP contribution >= 0.6 is 0 Å². The van der Waals surface area contributed by atoms with Gasteiger partial charge in [0.25, 0.3) is 0 Å². The molecule has 1 saturated heterocycles. The van der Waals surface area contributed by atoms with Crippen LogP contribution in [-0.4, -0.2) is 31.6 Å².